The molecule has 10 heteroatoms. The number of fused-ring (bicyclic) bond motifs is 1. The first-order valence-electron chi connectivity index (χ1n) is 12.0. The lowest BCUT2D eigenvalue weighted by atomic mass is 9.99. The molecular formula is C28H28F3N3O4. The van der Waals surface area contributed by atoms with Gasteiger partial charge in [-0.25, -0.2) is 0 Å². The number of amides is 2. The Morgan fingerprint density at radius 1 is 0.895 bits per heavy atom. The topological polar surface area (TPSA) is 79.9 Å². The maximum atomic E-state index is 12.9. The Morgan fingerprint density at radius 2 is 1.66 bits per heavy atom. The van der Waals surface area contributed by atoms with Crippen molar-refractivity contribution in [2.24, 2.45) is 0 Å². The molecule has 7 nitrogen and oxygen atoms in total. The van der Waals surface area contributed by atoms with E-state index < -0.39 is 12.7 Å². The van der Waals surface area contributed by atoms with Crippen molar-refractivity contribution in [2.45, 2.75) is 25.7 Å². The van der Waals surface area contributed by atoms with Gasteiger partial charge in [0.1, 0.15) is 0 Å². The van der Waals surface area contributed by atoms with Crippen LogP contribution in [0.2, 0.25) is 0 Å². The minimum Gasteiger partial charge on any atom is -0.493 e. The molecular weight excluding hydrogens is 499 g/mol. The predicted octanol–water partition coefficient (Wildman–Crippen LogP) is 4.81. The molecule has 4 rings (SSSR count). The van der Waals surface area contributed by atoms with E-state index in [0.717, 1.165) is 16.7 Å². The number of nitrogens with zero attached hydrogens (tertiary/aromatic N) is 1. The van der Waals surface area contributed by atoms with E-state index in [0.29, 0.717) is 41.3 Å². The first kappa shape index (κ1) is 27.0. The number of carbonyl (C=O) groups is 2. The zero-order valence-corrected chi connectivity index (χ0v) is 21.0. The van der Waals surface area contributed by atoms with Crippen LogP contribution in [0.3, 0.4) is 0 Å². The number of anilines is 1. The Bertz CT molecular complexity index is 1330. The number of nitrogens with one attached hydrogen (secondary N) is 2. The Kier molecular flexibility index (Phi) is 8.21. The van der Waals surface area contributed by atoms with Crippen molar-refractivity contribution in [1.82, 2.24) is 10.2 Å². The molecule has 2 N–H and O–H groups in total. The van der Waals surface area contributed by atoms with Gasteiger partial charge in [0.05, 0.1) is 20.8 Å². The lowest BCUT2D eigenvalue weighted by Crippen LogP contribution is -2.38. The number of methoxy groups -OCH3 is 2. The van der Waals surface area contributed by atoms with E-state index in [1.54, 1.807) is 54.6 Å². The zero-order chi connectivity index (χ0) is 27.3. The third-order valence-corrected chi connectivity index (χ3v) is 6.25. The first-order valence-corrected chi connectivity index (χ1v) is 12.0. The molecule has 0 saturated carbocycles. The van der Waals surface area contributed by atoms with Crippen molar-refractivity contribution in [3.8, 4) is 11.5 Å². The molecule has 1 heterocycles. The molecule has 2 amide bonds. The average Bonchev–Trinajstić information content (AvgIpc) is 2.90. The van der Waals surface area contributed by atoms with Gasteiger partial charge in [-0.3, -0.25) is 14.5 Å². The van der Waals surface area contributed by atoms with Crippen LogP contribution >= 0.6 is 0 Å². The molecule has 1 aliphatic rings. The smallest absolute Gasteiger partial charge is 0.401 e. The Hall–Kier alpha value is -4.05. The number of carbonyl (C=O) groups excluding carboxylic acids is 2. The van der Waals surface area contributed by atoms with Crippen molar-refractivity contribution in [2.75, 3.05) is 32.6 Å². The number of alkyl halides is 3. The van der Waals surface area contributed by atoms with Gasteiger partial charge in [-0.1, -0.05) is 18.2 Å². The molecule has 0 unspecified atom stereocenters. The van der Waals surface area contributed by atoms with E-state index in [4.69, 9.17) is 9.47 Å². The molecule has 0 bridgehead atoms. The summed E-state index contributed by atoms with van der Waals surface area (Å²) in [5, 5.41) is 5.64. The van der Waals surface area contributed by atoms with Crippen LogP contribution < -0.4 is 20.1 Å². The second kappa shape index (κ2) is 11.6. The number of rotatable bonds is 8. The molecule has 0 saturated heterocycles. The van der Waals surface area contributed by atoms with Gasteiger partial charge in [-0.15, -0.1) is 0 Å². The van der Waals surface area contributed by atoms with Crippen LogP contribution in [-0.4, -0.2) is 50.2 Å². The minimum absolute atomic E-state index is 0.174. The average molecular weight is 528 g/mol. The van der Waals surface area contributed by atoms with Gasteiger partial charge in [0.15, 0.2) is 11.5 Å². The summed E-state index contributed by atoms with van der Waals surface area (Å²) >= 11 is 0. The van der Waals surface area contributed by atoms with E-state index in [1.807, 2.05) is 6.07 Å². The Labute approximate surface area is 218 Å². The molecule has 0 radical (unpaired) electrons. The molecule has 3 aromatic rings. The summed E-state index contributed by atoms with van der Waals surface area (Å²) in [5.41, 5.74) is 3.77. The largest absolute Gasteiger partial charge is 0.493 e. The fourth-order valence-electron chi connectivity index (χ4n) is 4.37. The van der Waals surface area contributed by atoms with Crippen molar-refractivity contribution in [3.05, 3.63) is 88.5 Å². The summed E-state index contributed by atoms with van der Waals surface area (Å²) in [6.07, 6.45) is -3.73. The highest BCUT2D eigenvalue weighted by atomic mass is 19.4. The number of benzene rings is 3. The van der Waals surface area contributed by atoms with Gasteiger partial charge in [0.2, 0.25) is 0 Å². The lowest BCUT2D eigenvalue weighted by Gasteiger charge is -2.29. The van der Waals surface area contributed by atoms with Crippen molar-refractivity contribution in [1.29, 1.82) is 0 Å². The second-order valence-corrected chi connectivity index (χ2v) is 8.97. The molecule has 0 spiro atoms. The maximum absolute atomic E-state index is 12.9. The van der Waals surface area contributed by atoms with Crippen LogP contribution in [-0.2, 0) is 19.5 Å². The van der Waals surface area contributed by atoms with E-state index in [-0.39, 0.29) is 24.9 Å². The van der Waals surface area contributed by atoms with E-state index in [1.165, 1.54) is 19.1 Å². The quantitative estimate of drug-likeness (QED) is 0.440. The van der Waals surface area contributed by atoms with Crippen LogP contribution in [0.5, 0.6) is 11.5 Å². The fraction of sp³-hybridized carbons (Fsp3) is 0.286. The van der Waals surface area contributed by atoms with Gasteiger partial charge < -0.3 is 20.1 Å². The summed E-state index contributed by atoms with van der Waals surface area (Å²) in [7, 11) is 3.00. The van der Waals surface area contributed by atoms with Gasteiger partial charge in [-0.2, -0.15) is 13.2 Å². The van der Waals surface area contributed by atoms with Gasteiger partial charge in [-0.05, 0) is 65.6 Å². The highest BCUT2D eigenvalue weighted by Gasteiger charge is 2.32. The summed E-state index contributed by atoms with van der Waals surface area (Å²) in [6.45, 7) is -0.248. The third-order valence-electron chi connectivity index (χ3n) is 6.25. The normalized spacial score (nSPS) is 13.4. The number of hydrogen-bond acceptors (Lipinski definition) is 5. The van der Waals surface area contributed by atoms with E-state index in [9.17, 15) is 22.8 Å². The minimum atomic E-state index is -4.25. The van der Waals surface area contributed by atoms with Crippen molar-refractivity contribution in [3.63, 3.8) is 0 Å². The molecule has 0 fully saturated rings. The molecule has 1 aliphatic heterocycles. The van der Waals surface area contributed by atoms with Crippen LogP contribution in [0.25, 0.3) is 0 Å². The van der Waals surface area contributed by atoms with Crippen molar-refractivity contribution < 1.29 is 32.2 Å². The van der Waals surface area contributed by atoms with Crippen LogP contribution in [0.15, 0.2) is 60.7 Å². The van der Waals surface area contributed by atoms with Crippen LogP contribution in [0.4, 0.5) is 18.9 Å². The van der Waals surface area contributed by atoms with Crippen LogP contribution in [0, 0.1) is 0 Å². The third kappa shape index (κ3) is 6.83. The molecule has 0 aliphatic carbocycles. The number of hydrogen-bond donors (Lipinski definition) is 2. The molecule has 3 aromatic carbocycles. The molecule has 38 heavy (non-hydrogen) atoms. The van der Waals surface area contributed by atoms with Crippen LogP contribution in [0.1, 0.15) is 37.4 Å². The molecule has 200 valence electrons. The number of ether oxygens (including phenoxy) is 2. The zero-order valence-electron chi connectivity index (χ0n) is 21.0. The second-order valence-electron chi connectivity index (χ2n) is 8.97. The summed E-state index contributed by atoms with van der Waals surface area (Å²) < 4.78 is 48.8. The van der Waals surface area contributed by atoms with E-state index >= 15 is 0 Å². The first-order chi connectivity index (χ1) is 18.1. The highest BCUT2D eigenvalue weighted by molar-refractivity contribution is 6.04. The summed E-state index contributed by atoms with van der Waals surface area (Å²) in [6, 6.07) is 17.0. The monoisotopic (exact) mass is 527 g/mol. The predicted molar refractivity (Wildman–Crippen MR) is 137 cm³/mol. The standard InChI is InChI=1S/C28H28F3N3O4/c1-37-24-9-7-21(14-25(24)38-2)26(35)32-15-18-4-3-5-20(12-18)27(36)33-23-8-6-19-10-11-34(16-22(19)13-23)17-28(29,30)31/h3-9,12-14H,10-11,15-17H2,1-2H3,(H,32,35)(H,33,36). The van der Waals surface area contributed by atoms with Gasteiger partial charge in [0.25, 0.3) is 11.8 Å². The van der Waals surface area contributed by atoms with E-state index in [2.05, 4.69) is 10.6 Å². The lowest BCUT2D eigenvalue weighted by molar-refractivity contribution is -0.147. The fourth-order valence-corrected chi connectivity index (χ4v) is 4.37. The molecule has 0 atom stereocenters. The number of halogens is 3. The van der Waals surface area contributed by atoms with Crippen molar-refractivity contribution >= 4 is 17.5 Å². The van der Waals surface area contributed by atoms with Gasteiger partial charge >= 0.3 is 6.18 Å². The maximum Gasteiger partial charge on any atom is 0.401 e. The van der Waals surface area contributed by atoms with Gasteiger partial charge in [0, 0.05) is 36.4 Å². The highest BCUT2D eigenvalue weighted by Crippen LogP contribution is 2.28. The summed E-state index contributed by atoms with van der Waals surface area (Å²) in [5.74, 6) is 0.282. The SMILES string of the molecule is COc1ccc(C(=O)NCc2cccc(C(=O)Nc3ccc4c(c3)CN(CC(F)(F)F)CC4)c2)cc1OC. The molecule has 0 aromatic heterocycles. The Morgan fingerprint density at radius 3 is 2.39 bits per heavy atom. The summed E-state index contributed by atoms with van der Waals surface area (Å²) in [4.78, 5) is 26.9. The Balaban J connectivity index is 1.38.